The lowest BCUT2D eigenvalue weighted by molar-refractivity contribution is 0.263. The van der Waals surface area contributed by atoms with Crippen LogP contribution >= 0.6 is 0 Å². The summed E-state index contributed by atoms with van der Waals surface area (Å²) < 4.78 is 2.05. The molecule has 1 atom stereocenters. The Hall–Kier alpha value is -1.03. The first-order valence-corrected chi connectivity index (χ1v) is 7.26. The third kappa shape index (κ3) is 2.78. The third-order valence-corrected chi connectivity index (χ3v) is 4.38. The van der Waals surface area contributed by atoms with Gasteiger partial charge in [0.2, 0.25) is 0 Å². The maximum Gasteiger partial charge on any atom is 0.131 e. The van der Waals surface area contributed by atoms with Crippen molar-refractivity contribution in [2.24, 2.45) is 18.4 Å². The monoisotopic (exact) mass is 264 g/mol. The lowest BCUT2D eigenvalue weighted by atomic mass is 9.80. The van der Waals surface area contributed by atoms with Crippen LogP contribution < -0.4 is 10.2 Å². The highest BCUT2D eigenvalue weighted by atomic mass is 15.4. The molecule has 1 saturated heterocycles. The number of hydrogen-bond donors (Lipinski definition) is 1. The van der Waals surface area contributed by atoms with E-state index in [0.717, 1.165) is 31.2 Å². The molecule has 1 unspecified atom stereocenters. The zero-order valence-electron chi connectivity index (χ0n) is 13.2. The van der Waals surface area contributed by atoms with Crippen molar-refractivity contribution in [2.75, 3.05) is 25.0 Å². The van der Waals surface area contributed by atoms with Crippen LogP contribution in [0.15, 0.2) is 0 Å². The van der Waals surface area contributed by atoms with Crippen LogP contribution in [0.1, 0.15) is 38.4 Å². The minimum atomic E-state index is 0.394. The summed E-state index contributed by atoms with van der Waals surface area (Å²) in [7, 11) is 4.06. The van der Waals surface area contributed by atoms with Crippen molar-refractivity contribution in [3.63, 3.8) is 0 Å². The van der Waals surface area contributed by atoms with E-state index in [0.29, 0.717) is 5.41 Å². The molecule has 1 fully saturated rings. The van der Waals surface area contributed by atoms with E-state index in [1.807, 2.05) is 11.7 Å². The molecule has 19 heavy (non-hydrogen) atoms. The van der Waals surface area contributed by atoms with E-state index in [2.05, 4.69) is 50.1 Å². The zero-order valence-corrected chi connectivity index (χ0v) is 13.2. The lowest BCUT2D eigenvalue weighted by Gasteiger charge is -2.27. The number of hydrogen-bond acceptors (Lipinski definition) is 3. The van der Waals surface area contributed by atoms with E-state index >= 15 is 0 Å². The van der Waals surface area contributed by atoms with Gasteiger partial charge >= 0.3 is 0 Å². The normalized spacial score (nSPS) is 20.3. The molecule has 1 aromatic heterocycles. The molecule has 4 nitrogen and oxygen atoms in total. The number of nitrogens with one attached hydrogen (secondary N) is 1. The molecule has 1 aromatic rings. The Balaban J connectivity index is 2.24. The topological polar surface area (TPSA) is 33.1 Å². The molecule has 0 saturated carbocycles. The molecular weight excluding hydrogens is 236 g/mol. The van der Waals surface area contributed by atoms with Crippen LogP contribution in [0.3, 0.4) is 0 Å². The summed E-state index contributed by atoms with van der Waals surface area (Å²) >= 11 is 0. The average Bonchev–Trinajstić information content (AvgIpc) is 2.85. The van der Waals surface area contributed by atoms with Crippen LogP contribution in [-0.4, -0.2) is 29.9 Å². The zero-order chi connectivity index (χ0) is 14.2. The summed E-state index contributed by atoms with van der Waals surface area (Å²) in [5.74, 6) is 2.07. The van der Waals surface area contributed by atoms with Gasteiger partial charge in [0.15, 0.2) is 0 Å². The molecule has 1 aliphatic rings. The van der Waals surface area contributed by atoms with Crippen molar-refractivity contribution in [1.29, 1.82) is 0 Å². The maximum atomic E-state index is 4.60. The Morgan fingerprint density at radius 2 is 2.05 bits per heavy atom. The van der Waals surface area contributed by atoms with Crippen molar-refractivity contribution in [2.45, 2.75) is 40.7 Å². The fraction of sp³-hybridized carbons (Fsp3) is 0.800. The molecular formula is C15H28N4. The summed E-state index contributed by atoms with van der Waals surface area (Å²) in [4.78, 5) is 2.52. The summed E-state index contributed by atoms with van der Waals surface area (Å²) in [6.45, 7) is 12.4. The van der Waals surface area contributed by atoms with Gasteiger partial charge in [-0.3, -0.25) is 4.68 Å². The highest BCUT2D eigenvalue weighted by Crippen LogP contribution is 2.36. The van der Waals surface area contributed by atoms with Crippen LogP contribution in [0, 0.1) is 18.3 Å². The molecule has 2 heterocycles. The molecule has 4 heteroatoms. The summed E-state index contributed by atoms with van der Waals surface area (Å²) in [6.07, 6.45) is 1.28. The minimum absolute atomic E-state index is 0.394. The first-order chi connectivity index (χ1) is 8.84. The number of aryl methyl sites for hydroxylation is 2. The third-order valence-electron chi connectivity index (χ3n) is 4.38. The van der Waals surface area contributed by atoms with Crippen LogP contribution in [-0.2, 0) is 13.6 Å². The maximum absolute atomic E-state index is 4.60. The molecule has 1 N–H and O–H groups in total. The summed E-state index contributed by atoms with van der Waals surface area (Å²) in [5, 5.41) is 7.86. The molecule has 0 radical (unpaired) electrons. The Morgan fingerprint density at radius 3 is 2.58 bits per heavy atom. The molecule has 0 aliphatic carbocycles. The van der Waals surface area contributed by atoms with Crippen molar-refractivity contribution < 1.29 is 0 Å². The quantitative estimate of drug-likeness (QED) is 0.909. The fourth-order valence-electron chi connectivity index (χ4n) is 3.13. The number of rotatable bonds is 3. The van der Waals surface area contributed by atoms with Crippen LogP contribution in [0.2, 0.25) is 0 Å². The van der Waals surface area contributed by atoms with Crippen molar-refractivity contribution in [3.05, 3.63) is 11.3 Å². The van der Waals surface area contributed by atoms with Crippen molar-refractivity contribution in [3.8, 4) is 0 Å². The van der Waals surface area contributed by atoms with E-state index in [-0.39, 0.29) is 0 Å². The van der Waals surface area contributed by atoms with Crippen molar-refractivity contribution >= 4 is 5.82 Å². The second-order valence-electron chi connectivity index (χ2n) is 6.84. The second-order valence-corrected chi connectivity index (χ2v) is 6.84. The molecule has 1 aliphatic heterocycles. The van der Waals surface area contributed by atoms with E-state index < -0.39 is 0 Å². The molecule has 108 valence electrons. The van der Waals surface area contributed by atoms with Gasteiger partial charge in [0, 0.05) is 32.2 Å². The van der Waals surface area contributed by atoms with Gasteiger partial charge in [-0.2, -0.15) is 5.10 Å². The summed E-state index contributed by atoms with van der Waals surface area (Å²) in [6, 6.07) is 0. The predicted octanol–water partition coefficient (Wildman–Crippen LogP) is 2.32. The van der Waals surface area contributed by atoms with Crippen LogP contribution in [0.5, 0.6) is 0 Å². The number of aromatic nitrogens is 2. The molecule has 0 amide bonds. The van der Waals surface area contributed by atoms with Crippen LogP contribution in [0.25, 0.3) is 0 Å². The van der Waals surface area contributed by atoms with Gasteiger partial charge in [-0.1, -0.05) is 20.8 Å². The number of anilines is 1. The highest BCUT2D eigenvalue weighted by Gasteiger charge is 2.33. The predicted molar refractivity (Wildman–Crippen MR) is 80.5 cm³/mol. The smallest absolute Gasteiger partial charge is 0.131 e. The lowest BCUT2D eigenvalue weighted by Crippen LogP contribution is -2.28. The molecule has 0 spiro atoms. The van der Waals surface area contributed by atoms with E-state index in [9.17, 15) is 0 Å². The van der Waals surface area contributed by atoms with E-state index in [1.165, 1.54) is 17.8 Å². The summed E-state index contributed by atoms with van der Waals surface area (Å²) in [5.41, 5.74) is 2.89. The van der Waals surface area contributed by atoms with E-state index in [1.54, 1.807) is 0 Å². The van der Waals surface area contributed by atoms with Gasteiger partial charge in [0.05, 0.1) is 5.69 Å². The first kappa shape index (κ1) is 14.4. The SMILES string of the molecule is CNCc1c(C)nn(C)c1N1CCC(C(C)(C)C)C1. The van der Waals surface area contributed by atoms with E-state index in [4.69, 9.17) is 0 Å². The van der Waals surface area contributed by atoms with Crippen molar-refractivity contribution in [1.82, 2.24) is 15.1 Å². The Morgan fingerprint density at radius 1 is 1.37 bits per heavy atom. The van der Waals surface area contributed by atoms with Gasteiger partial charge in [-0.25, -0.2) is 0 Å². The standard InChI is InChI=1S/C15H28N4/c1-11-13(9-16-5)14(18(6)17-11)19-8-7-12(10-19)15(2,3)4/h12,16H,7-10H2,1-6H3. The van der Waals surface area contributed by atoms with Gasteiger partial charge < -0.3 is 10.2 Å². The Labute approximate surface area is 117 Å². The second kappa shape index (κ2) is 5.16. The van der Waals surface area contributed by atoms with Crippen LogP contribution in [0.4, 0.5) is 5.82 Å². The average molecular weight is 264 g/mol. The Kier molecular flexibility index (Phi) is 3.90. The number of nitrogens with zero attached hydrogens (tertiary/aromatic N) is 3. The van der Waals surface area contributed by atoms with Gasteiger partial charge in [0.25, 0.3) is 0 Å². The highest BCUT2D eigenvalue weighted by molar-refractivity contribution is 5.51. The van der Waals surface area contributed by atoms with Gasteiger partial charge in [-0.05, 0) is 31.7 Å². The minimum Gasteiger partial charge on any atom is -0.356 e. The van der Waals surface area contributed by atoms with Gasteiger partial charge in [-0.15, -0.1) is 0 Å². The molecule has 0 aromatic carbocycles. The molecule has 0 bridgehead atoms. The fourth-order valence-corrected chi connectivity index (χ4v) is 3.13. The Bertz CT molecular complexity index is 442. The molecule has 2 rings (SSSR count). The first-order valence-electron chi connectivity index (χ1n) is 7.26. The van der Waals surface area contributed by atoms with Gasteiger partial charge in [0.1, 0.15) is 5.82 Å². The largest absolute Gasteiger partial charge is 0.356 e.